The minimum atomic E-state index is -0.534. The van der Waals surface area contributed by atoms with E-state index in [4.69, 9.17) is 27.9 Å². The Morgan fingerprint density at radius 3 is 2.61 bits per heavy atom. The van der Waals surface area contributed by atoms with Crippen molar-refractivity contribution in [2.75, 3.05) is 6.61 Å². The highest BCUT2D eigenvalue weighted by Gasteiger charge is 2.23. The van der Waals surface area contributed by atoms with Crippen LogP contribution >= 0.6 is 23.2 Å². The third kappa shape index (κ3) is 4.39. The Bertz CT molecular complexity index is 1440. The summed E-state index contributed by atoms with van der Waals surface area (Å²) in [6.45, 7) is 1.91. The lowest BCUT2D eigenvalue weighted by Crippen LogP contribution is -2.39. The number of halogens is 2. The number of aliphatic hydroxyl groups is 1. The van der Waals surface area contributed by atoms with Gasteiger partial charge < -0.3 is 9.84 Å². The number of aromatic nitrogens is 5. The van der Waals surface area contributed by atoms with Gasteiger partial charge in [-0.05, 0) is 37.1 Å². The lowest BCUT2D eigenvalue weighted by atomic mass is 10.2. The molecule has 1 aromatic carbocycles. The summed E-state index contributed by atoms with van der Waals surface area (Å²) in [6.07, 6.45) is 1.76. The minimum absolute atomic E-state index is 0.0716. The molecular formula is C22H21Cl2N5O4. The van der Waals surface area contributed by atoms with E-state index in [1.807, 2.05) is 13.0 Å². The summed E-state index contributed by atoms with van der Waals surface area (Å²) in [5.74, 6) is 0.364. The average molecular weight is 490 g/mol. The molecule has 0 saturated heterocycles. The molecule has 0 amide bonds. The second-order valence-corrected chi connectivity index (χ2v) is 8.30. The van der Waals surface area contributed by atoms with E-state index >= 15 is 0 Å². The van der Waals surface area contributed by atoms with Gasteiger partial charge in [0.05, 0.1) is 22.3 Å². The largest absolute Gasteiger partial charge is 0.424 e. The predicted octanol–water partition coefficient (Wildman–Crippen LogP) is 3.13. The van der Waals surface area contributed by atoms with E-state index in [9.17, 15) is 14.7 Å². The smallest absolute Gasteiger partial charge is 0.332 e. The third-order valence-corrected chi connectivity index (χ3v) is 5.91. The second-order valence-electron chi connectivity index (χ2n) is 7.49. The number of nitrogens with zero attached hydrogens (tertiary/aromatic N) is 5. The molecule has 0 radical (unpaired) electrons. The highest BCUT2D eigenvalue weighted by Crippen LogP contribution is 2.32. The number of hydrogen-bond acceptors (Lipinski definition) is 6. The maximum Gasteiger partial charge on any atom is 0.332 e. The van der Waals surface area contributed by atoms with Crippen LogP contribution in [0.4, 0.5) is 0 Å². The first kappa shape index (κ1) is 23.0. The number of fused-ring (bicyclic) bond motifs is 1. The molecule has 4 aromatic rings. The van der Waals surface area contributed by atoms with Crippen molar-refractivity contribution in [1.82, 2.24) is 23.7 Å². The van der Waals surface area contributed by atoms with Crippen LogP contribution in [0.15, 0.2) is 46.1 Å². The molecule has 0 spiro atoms. The van der Waals surface area contributed by atoms with Gasteiger partial charge >= 0.3 is 11.7 Å². The first-order valence-electron chi connectivity index (χ1n) is 10.2. The fourth-order valence-corrected chi connectivity index (χ4v) is 3.74. The number of aryl methyl sites for hydroxylation is 2. The van der Waals surface area contributed by atoms with Gasteiger partial charge in [0.1, 0.15) is 5.75 Å². The van der Waals surface area contributed by atoms with E-state index in [1.165, 1.54) is 17.8 Å². The van der Waals surface area contributed by atoms with Gasteiger partial charge in [0, 0.05) is 26.4 Å². The Kier molecular flexibility index (Phi) is 6.55. The van der Waals surface area contributed by atoms with E-state index in [1.54, 1.807) is 28.8 Å². The van der Waals surface area contributed by atoms with Gasteiger partial charge in [0.2, 0.25) is 0 Å². The lowest BCUT2D eigenvalue weighted by Gasteiger charge is -2.12. The monoisotopic (exact) mass is 489 g/mol. The maximum absolute atomic E-state index is 13.3. The zero-order chi connectivity index (χ0) is 23.7. The fraction of sp³-hybridized carbons (Fsp3) is 0.273. The topological polar surface area (TPSA) is 104 Å². The van der Waals surface area contributed by atoms with Crippen LogP contribution in [0, 0.1) is 6.92 Å². The highest BCUT2D eigenvalue weighted by atomic mass is 35.5. The van der Waals surface area contributed by atoms with Crippen LogP contribution in [0.25, 0.3) is 11.2 Å². The normalized spacial score (nSPS) is 11.3. The van der Waals surface area contributed by atoms with Crippen molar-refractivity contribution in [1.29, 1.82) is 0 Å². The van der Waals surface area contributed by atoms with Crippen LogP contribution in [-0.4, -0.2) is 35.4 Å². The standard InChI is InChI=1S/C22H21Cl2N5O4/c1-13-5-3-6-16(17(13)24)33-21-26-19-18(29(21)12-15-8-7-14(23)11-25-15)20(31)28(9-4-10-30)22(32)27(19)2/h3,5-8,11,30H,4,9-10,12H2,1-2H3. The zero-order valence-corrected chi connectivity index (χ0v) is 19.5. The first-order valence-corrected chi connectivity index (χ1v) is 10.9. The summed E-state index contributed by atoms with van der Waals surface area (Å²) in [6, 6.07) is 8.83. The summed E-state index contributed by atoms with van der Waals surface area (Å²) in [4.78, 5) is 34.9. The van der Waals surface area contributed by atoms with E-state index in [0.29, 0.717) is 21.5 Å². The van der Waals surface area contributed by atoms with Crippen LogP contribution in [-0.2, 0) is 20.1 Å². The van der Waals surface area contributed by atoms with Crippen molar-refractivity contribution in [3.63, 3.8) is 0 Å². The fourth-order valence-electron chi connectivity index (χ4n) is 3.46. The lowest BCUT2D eigenvalue weighted by molar-refractivity contribution is 0.277. The first-order chi connectivity index (χ1) is 15.8. The number of ether oxygens (including phenoxy) is 1. The quantitative estimate of drug-likeness (QED) is 0.427. The SMILES string of the molecule is Cc1cccc(Oc2nc3c(c(=O)n(CCCO)c(=O)n3C)n2Cc2ccc(Cl)cn2)c1Cl. The Morgan fingerprint density at radius 2 is 1.91 bits per heavy atom. The molecule has 9 nitrogen and oxygen atoms in total. The maximum atomic E-state index is 13.3. The molecule has 172 valence electrons. The molecule has 0 aliphatic carbocycles. The molecule has 0 fully saturated rings. The molecule has 0 saturated carbocycles. The molecule has 3 heterocycles. The number of imidazole rings is 1. The Balaban J connectivity index is 1.95. The molecule has 3 aromatic heterocycles. The van der Waals surface area contributed by atoms with E-state index in [0.717, 1.165) is 10.1 Å². The molecule has 1 N–H and O–H groups in total. The van der Waals surface area contributed by atoms with Gasteiger partial charge in [-0.15, -0.1) is 0 Å². The third-order valence-electron chi connectivity index (χ3n) is 5.20. The van der Waals surface area contributed by atoms with Crippen LogP contribution < -0.4 is 16.0 Å². The van der Waals surface area contributed by atoms with Gasteiger partial charge in [-0.2, -0.15) is 4.98 Å². The van der Waals surface area contributed by atoms with Crippen LogP contribution in [0.1, 0.15) is 17.7 Å². The number of benzene rings is 1. The number of rotatable bonds is 7. The predicted molar refractivity (Wildman–Crippen MR) is 126 cm³/mol. The summed E-state index contributed by atoms with van der Waals surface area (Å²) in [7, 11) is 1.53. The van der Waals surface area contributed by atoms with Gasteiger partial charge in [0.25, 0.3) is 5.56 Å². The van der Waals surface area contributed by atoms with E-state index in [-0.39, 0.29) is 43.3 Å². The molecule has 4 rings (SSSR count). The zero-order valence-electron chi connectivity index (χ0n) is 18.0. The van der Waals surface area contributed by atoms with Gasteiger partial charge in [-0.3, -0.25) is 23.5 Å². The summed E-state index contributed by atoms with van der Waals surface area (Å²) >= 11 is 12.4. The summed E-state index contributed by atoms with van der Waals surface area (Å²) in [5.41, 5.74) is 0.691. The van der Waals surface area contributed by atoms with Crippen molar-refractivity contribution in [3.8, 4) is 11.8 Å². The molecule has 0 atom stereocenters. The van der Waals surface area contributed by atoms with Crippen molar-refractivity contribution < 1.29 is 9.84 Å². The molecule has 0 aliphatic rings. The van der Waals surface area contributed by atoms with Crippen LogP contribution in [0.2, 0.25) is 10.0 Å². The highest BCUT2D eigenvalue weighted by molar-refractivity contribution is 6.32. The summed E-state index contributed by atoms with van der Waals surface area (Å²) in [5, 5.41) is 10.1. The van der Waals surface area contributed by atoms with Gasteiger partial charge in [-0.1, -0.05) is 35.3 Å². The molecule has 0 unspecified atom stereocenters. The molecule has 33 heavy (non-hydrogen) atoms. The van der Waals surface area contributed by atoms with E-state index < -0.39 is 11.2 Å². The second kappa shape index (κ2) is 9.38. The van der Waals surface area contributed by atoms with Crippen molar-refractivity contribution in [3.05, 3.63) is 78.7 Å². The van der Waals surface area contributed by atoms with Crippen molar-refractivity contribution in [2.24, 2.45) is 7.05 Å². The number of aliphatic hydroxyl groups excluding tert-OH is 1. The van der Waals surface area contributed by atoms with Crippen molar-refractivity contribution >= 4 is 34.4 Å². The molecule has 11 heteroatoms. The van der Waals surface area contributed by atoms with E-state index in [2.05, 4.69) is 9.97 Å². The van der Waals surface area contributed by atoms with Crippen LogP contribution in [0.5, 0.6) is 11.8 Å². The van der Waals surface area contributed by atoms with Gasteiger partial charge in [0.15, 0.2) is 11.2 Å². The molecule has 0 bridgehead atoms. The Hall–Kier alpha value is -3.14. The van der Waals surface area contributed by atoms with Crippen molar-refractivity contribution in [2.45, 2.75) is 26.4 Å². The minimum Gasteiger partial charge on any atom is -0.424 e. The number of hydrogen-bond donors (Lipinski definition) is 1. The Labute approximate surface area is 198 Å². The summed E-state index contributed by atoms with van der Waals surface area (Å²) < 4.78 is 9.95. The molecule has 0 aliphatic heterocycles. The van der Waals surface area contributed by atoms with Gasteiger partial charge in [-0.25, -0.2) is 4.79 Å². The Morgan fingerprint density at radius 1 is 1.12 bits per heavy atom. The molecular weight excluding hydrogens is 469 g/mol. The number of pyridine rings is 1. The average Bonchev–Trinajstić information content (AvgIpc) is 3.15. The van der Waals surface area contributed by atoms with Crippen LogP contribution in [0.3, 0.4) is 0 Å².